The van der Waals surface area contributed by atoms with Gasteiger partial charge in [0.1, 0.15) is 11.1 Å². The molecule has 2 aromatic carbocycles. The van der Waals surface area contributed by atoms with E-state index in [9.17, 15) is 0 Å². The molecule has 0 radical (unpaired) electrons. The summed E-state index contributed by atoms with van der Waals surface area (Å²) < 4.78 is 5.85. The Kier molecular flexibility index (Phi) is 2.47. The lowest BCUT2D eigenvalue weighted by Gasteiger charge is -2.07. The van der Waals surface area contributed by atoms with E-state index in [-0.39, 0.29) is 5.95 Å². The number of hydrogen-bond donors (Lipinski definition) is 2. The minimum Gasteiger partial charge on any atom is -0.438 e. The first kappa shape index (κ1) is 11.7. The molecule has 2 aromatic heterocycles. The Morgan fingerprint density at radius 3 is 2.76 bits per heavy atom. The van der Waals surface area contributed by atoms with Gasteiger partial charge in [-0.3, -0.25) is 5.10 Å². The van der Waals surface area contributed by atoms with Gasteiger partial charge >= 0.3 is 0 Å². The van der Waals surface area contributed by atoms with E-state index in [0.29, 0.717) is 22.7 Å². The molecular weight excluding hydrogens is 266 g/mol. The highest BCUT2D eigenvalue weighted by molar-refractivity contribution is 5.84. The van der Waals surface area contributed by atoms with Gasteiger partial charge in [0.05, 0.1) is 6.20 Å². The van der Waals surface area contributed by atoms with Crippen LogP contribution in [0.3, 0.4) is 0 Å². The van der Waals surface area contributed by atoms with E-state index >= 15 is 0 Å². The summed E-state index contributed by atoms with van der Waals surface area (Å²) in [5.41, 5.74) is 6.23. The van der Waals surface area contributed by atoms with Crippen molar-refractivity contribution in [2.75, 3.05) is 5.73 Å². The number of fused-ring (bicyclic) bond motifs is 2. The molecule has 0 fully saturated rings. The van der Waals surface area contributed by atoms with E-state index in [1.54, 1.807) is 6.20 Å². The van der Waals surface area contributed by atoms with Crippen LogP contribution in [0, 0.1) is 0 Å². The Labute approximate surface area is 119 Å². The molecule has 3 N–H and O–H groups in total. The molecule has 102 valence electrons. The van der Waals surface area contributed by atoms with Crippen LogP contribution in [-0.4, -0.2) is 20.2 Å². The first-order valence-corrected chi connectivity index (χ1v) is 6.43. The summed E-state index contributed by atoms with van der Waals surface area (Å²) in [5, 5.41) is 9.63. The van der Waals surface area contributed by atoms with Gasteiger partial charge in [0, 0.05) is 0 Å². The van der Waals surface area contributed by atoms with E-state index < -0.39 is 0 Å². The van der Waals surface area contributed by atoms with Gasteiger partial charge in [0.2, 0.25) is 11.8 Å². The molecule has 4 aromatic rings. The summed E-state index contributed by atoms with van der Waals surface area (Å²) in [4.78, 5) is 8.19. The number of aromatic nitrogens is 4. The number of nitrogens with one attached hydrogen (secondary N) is 1. The minimum absolute atomic E-state index is 0.141. The molecule has 0 atom stereocenters. The summed E-state index contributed by atoms with van der Waals surface area (Å²) in [6, 6.07) is 13.9. The van der Waals surface area contributed by atoms with E-state index in [4.69, 9.17) is 10.5 Å². The molecule has 0 saturated heterocycles. The molecule has 2 heterocycles. The monoisotopic (exact) mass is 277 g/mol. The summed E-state index contributed by atoms with van der Waals surface area (Å²) in [6.45, 7) is 0. The van der Waals surface area contributed by atoms with Crippen molar-refractivity contribution < 1.29 is 4.74 Å². The first-order chi connectivity index (χ1) is 10.3. The maximum Gasteiger partial charge on any atom is 0.235 e. The fraction of sp³-hybridized carbons (Fsp3) is 0. The van der Waals surface area contributed by atoms with Crippen LogP contribution in [-0.2, 0) is 0 Å². The van der Waals surface area contributed by atoms with Crippen molar-refractivity contribution in [3.8, 4) is 11.6 Å². The average Bonchev–Trinajstić information content (AvgIpc) is 2.95. The van der Waals surface area contributed by atoms with Crippen LogP contribution < -0.4 is 10.5 Å². The topological polar surface area (TPSA) is 89.7 Å². The van der Waals surface area contributed by atoms with Gasteiger partial charge < -0.3 is 10.5 Å². The third kappa shape index (κ3) is 2.02. The quantitative estimate of drug-likeness (QED) is 0.588. The lowest BCUT2D eigenvalue weighted by Crippen LogP contribution is -1.98. The number of aromatic amines is 1. The summed E-state index contributed by atoms with van der Waals surface area (Å²) in [5.74, 6) is 1.22. The van der Waals surface area contributed by atoms with Crippen molar-refractivity contribution in [3.05, 3.63) is 48.7 Å². The third-order valence-electron chi connectivity index (χ3n) is 3.23. The van der Waals surface area contributed by atoms with Gasteiger partial charge in [-0.15, -0.1) is 0 Å². The summed E-state index contributed by atoms with van der Waals surface area (Å²) in [7, 11) is 0. The zero-order valence-electron chi connectivity index (χ0n) is 10.9. The molecular formula is C15H11N5O. The Balaban J connectivity index is 1.80. The van der Waals surface area contributed by atoms with Crippen molar-refractivity contribution >= 4 is 27.8 Å². The molecule has 0 aliphatic heterocycles. The Morgan fingerprint density at radius 1 is 1.00 bits per heavy atom. The lowest BCUT2D eigenvalue weighted by molar-refractivity contribution is 0.470. The highest BCUT2D eigenvalue weighted by atomic mass is 16.5. The van der Waals surface area contributed by atoms with Crippen molar-refractivity contribution in [3.63, 3.8) is 0 Å². The Morgan fingerprint density at radius 2 is 1.86 bits per heavy atom. The molecule has 0 bridgehead atoms. The molecule has 0 aliphatic carbocycles. The van der Waals surface area contributed by atoms with Crippen LogP contribution >= 0.6 is 0 Å². The fourth-order valence-electron chi connectivity index (χ4n) is 2.25. The van der Waals surface area contributed by atoms with E-state index in [0.717, 1.165) is 10.8 Å². The molecule has 4 rings (SSSR count). The van der Waals surface area contributed by atoms with Crippen molar-refractivity contribution in [2.45, 2.75) is 0 Å². The van der Waals surface area contributed by atoms with Gasteiger partial charge in [-0.05, 0) is 22.9 Å². The van der Waals surface area contributed by atoms with Gasteiger partial charge in [-0.2, -0.15) is 15.1 Å². The van der Waals surface area contributed by atoms with E-state index in [1.165, 1.54) is 0 Å². The summed E-state index contributed by atoms with van der Waals surface area (Å²) in [6.07, 6.45) is 1.62. The molecule has 0 saturated carbocycles. The number of ether oxygens (including phenoxy) is 1. The maximum absolute atomic E-state index is 5.85. The molecule has 21 heavy (non-hydrogen) atoms. The predicted molar refractivity (Wildman–Crippen MR) is 80.1 cm³/mol. The number of nitrogen functional groups attached to an aromatic ring is 1. The van der Waals surface area contributed by atoms with Crippen molar-refractivity contribution in [2.24, 2.45) is 0 Å². The molecule has 0 amide bonds. The zero-order valence-corrected chi connectivity index (χ0v) is 10.9. The smallest absolute Gasteiger partial charge is 0.235 e. The second-order valence-electron chi connectivity index (χ2n) is 4.63. The first-order valence-electron chi connectivity index (χ1n) is 6.43. The van der Waals surface area contributed by atoms with Gasteiger partial charge in [-0.1, -0.05) is 30.3 Å². The highest BCUT2D eigenvalue weighted by Gasteiger charge is 2.10. The van der Waals surface area contributed by atoms with Crippen LogP contribution in [0.4, 0.5) is 5.95 Å². The number of benzene rings is 2. The zero-order chi connectivity index (χ0) is 14.2. The number of nitrogens with two attached hydrogens (primary N) is 1. The van der Waals surface area contributed by atoms with Crippen molar-refractivity contribution in [1.29, 1.82) is 0 Å². The molecule has 6 nitrogen and oxygen atoms in total. The van der Waals surface area contributed by atoms with E-state index in [2.05, 4.69) is 26.2 Å². The third-order valence-corrected chi connectivity index (χ3v) is 3.23. The highest BCUT2D eigenvalue weighted by Crippen LogP contribution is 2.28. The standard InChI is InChI=1S/C15H11N5O/c16-15-18-13-12(8-17-20-13)14(19-15)21-11-6-5-9-3-1-2-4-10(9)7-11/h1-8H,(H3,16,17,18,19,20). The van der Waals surface area contributed by atoms with Crippen LogP contribution in [0.5, 0.6) is 11.6 Å². The number of anilines is 1. The van der Waals surface area contributed by atoms with Gasteiger partial charge in [0.15, 0.2) is 5.65 Å². The molecule has 6 heteroatoms. The fourth-order valence-corrected chi connectivity index (χ4v) is 2.25. The van der Waals surface area contributed by atoms with Gasteiger partial charge in [0.25, 0.3) is 0 Å². The second kappa shape index (κ2) is 4.45. The molecule has 0 unspecified atom stereocenters. The minimum atomic E-state index is 0.141. The predicted octanol–water partition coefficient (Wildman–Crippen LogP) is 2.88. The number of hydrogen-bond acceptors (Lipinski definition) is 5. The lowest BCUT2D eigenvalue weighted by atomic mass is 10.1. The largest absolute Gasteiger partial charge is 0.438 e. The van der Waals surface area contributed by atoms with Crippen LogP contribution in [0.15, 0.2) is 48.7 Å². The maximum atomic E-state index is 5.85. The van der Waals surface area contributed by atoms with Crippen molar-refractivity contribution in [1.82, 2.24) is 20.2 Å². The Bertz CT molecular complexity index is 947. The SMILES string of the molecule is Nc1nc(Oc2ccc3ccccc3c2)c2cn[nH]c2n1. The number of rotatable bonds is 2. The van der Waals surface area contributed by atoms with Crippen LogP contribution in [0.1, 0.15) is 0 Å². The Hall–Kier alpha value is -3.15. The van der Waals surface area contributed by atoms with Gasteiger partial charge in [-0.25, -0.2) is 0 Å². The summed E-state index contributed by atoms with van der Waals surface area (Å²) >= 11 is 0. The molecule has 0 aliphatic rings. The van der Waals surface area contributed by atoms with Crippen LogP contribution in [0.25, 0.3) is 21.8 Å². The number of H-pyrrole nitrogens is 1. The number of nitrogens with zero attached hydrogens (tertiary/aromatic N) is 3. The van der Waals surface area contributed by atoms with Crippen LogP contribution in [0.2, 0.25) is 0 Å². The average molecular weight is 277 g/mol. The van der Waals surface area contributed by atoms with E-state index in [1.807, 2.05) is 36.4 Å². The normalized spacial score (nSPS) is 11.0. The molecule has 0 spiro atoms. The second-order valence-corrected chi connectivity index (χ2v) is 4.63.